The quantitative estimate of drug-likeness (QED) is 0.669. The fourth-order valence-corrected chi connectivity index (χ4v) is 1.38. The van der Waals surface area contributed by atoms with Crippen LogP contribution in [0.5, 0.6) is 0 Å². The maximum atomic E-state index is 10.6. The molecule has 0 aliphatic carbocycles. The lowest BCUT2D eigenvalue weighted by molar-refractivity contribution is 0.0996. The molecule has 0 aliphatic rings. The molecule has 11 heavy (non-hydrogen) atoms. The van der Waals surface area contributed by atoms with Gasteiger partial charge in [-0.3, -0.25) is 4.79 Å². The van der Waals surface area contributed by atoms with Crippen LogP contribution < -0.4 is 11.5 Å². The van der Waals surface area contributed by atoms with Crippen LogP contribution in [0.4, 0.5) is 0 Å². The van der Waals surface area contributed by atoms with Gasteiger partial charge in [-0.05, 0) is 6.92 Å². The molecule has 1 rings (SSSR count). The molecule has 0 aliphatic heterocycles. The average Bonchev–Trinajstić information content (AvgIpc) is 2.33. The van der Waals surface area contributed by atoms with Gasteiger partial charge in [-0.15, -0.1) is 11.3 Å². The maximum Gasteiger partial charge on any atom is 0.268 e. The van der Waals surface area contributed by atoms with E-state index in [9.17, 15) is 4.79 Å². The molecule has 1 aromatic heterocycles. The summed E-state index contributed by atoms with van der Waals surface area (Å²) in [7, 11) is 0. The number of hydrogen-bond donors (Lipinski definition) is 2. The number of hydrogen-bond acceptors (Lipinski definition) is 4. The summed E-state index contributed by atoms with van der Waals surface area (Å²) in [6.07, 6.45) is 0. The summed E-state index contributed by atoms with van der Waals surface area (Å²) < 4.78 is 0. The highest BCUT2D eigenvalue weighted by molar-refractivity contribution is 7.09. The van der Waals surface area contributed by atoms with Gasteiger partial charge >= 0.3 is 0 Å². The largest absolute Gasteiger partial charge is 0.364 e. The number of nitrogens with zero attached hydrogens (tertiary/aromatic N) is 1. The number of carbonyl (C=O) groups is 1. The van der Waals surface area contributed by atoms with Crippen LogP contribution in [0.15, 0.2) is 5.38 Å². The summed E-state index contributed by atoms with van der Waals surface area (Å²) in [6.45, 7) is 1.81. The van der Waals surface area contributed by atoms with Gasteiger partial charge in [-0.1, -0.05) is 0 Å². The Bertz CT molecular complexity index is 269. The third-order valence-electron chi connectivity index (χ3n) is 1.16. The number of amides is 1. The van der Waals surface area contributed by atoms with E-state index in [1.807, 2.05) is 6.92 Å². The van der Waals surface area contributed by atoms with Crippen molar-refractivity contribution in [1.29, 1.82) is 0 Å². The minimum Gasteiger partial charge on any atom is -0.364 e. The summed E-state index contributed by atoms with van der Waals surface area (Å²) in [5, 5.41) is 2.35. The first-order chi connectivity index (χ1) is 5.11. The molecule has 0 spiro atoms. The molecule has 0 fully saturated rings. The Balaban J connectivity index is 2.90. The first-order valence-electron chi connectivity index (χ1n) is 3.12. The van der Waals surface area contributed by atoms with Gasteiger partial charge in [-0.2, -0.15) is 0 Å². The van der Waals surface area contributed by atoms with Crippen molar-refractivity contribution in [3.8, 4) is 0 Å². The summed E-state index contributed by atoms with van der Waals surface area (Å²) in [6, 6.07) is -0.131. The first-order valence-corrected chi connectivity index (χ1v) is 4.00. The predicted octanol–water partition coefficient (Wildman–Crippen LogP) is 0.262. The zero-order valence-electron chi connectivity index (χ0n) is 6.07. The van der Waals surface area contributed by atoms with Crippen LogP contribution in [0, 0.1) is 0 Å². The molecule has 60 valence electrons. The second-order valence-corrected chi connectivity index (χ2v) is 3.11. The minimum atomic E-state index is -0.506. The molecule has 1 heterocycles. The van der Waals surface area contributed by atoms with Gasteiger partial charge in [-0.25, -0.2) is 4.98 Å². The van der Waals surface area contributed by atoms with Gasteiger partial charge < -0.3 is 11.5 Å². The Labute approximate surface area is 68.2 Å². The van der Waals surface area contributed by atoms with E-state index in [1.54, 1.807) is 5.38 Å². The van der Waals surface area contributed by atoms with Crippen LogP contribution in [-0.2, 0) is 0 Å². The molecule has 1 unspecified atom stereocenters. The van der Waals surface area contributed by atoms with Crippen LogP contribution >= 0.6 is 11.3 Å². The maximum absolute atomic E-state index is 10.6. The Kier molecular flexibility index (Phi) is 2.21. The zero-order chi connectivity index (χ0) is 8.43. The lowest BCUT2D eigenvalue weighted by Gasteiger charge is -1.95. The number of aromatic nitrogens is 1. The third kappa shape index (κ3) is 1.75. The molecular weight excluding hydrogens is 162 g/mol. The lowest BCUT2D eigenvalue weighted by Crippen LogP contribution is -2.12. The Morgan fingerprint density at radius 1 is 1.82 bits per heavy atom. The fourth-order valence-electron chi connectivity index (χ4n) is 0.610. The van der Waals surface area contributed by atoms with Gasteiger partial charge in [0, 0.05) is 5.38 Å². The Morgan fingerprint density at radius 3 is 2.73 bits per heavy atom. The van der Waals surface area contributed by atoms with Crippen molar-refractivity contribution >= 4 is 17.2 Å². The number of carbonyl (C=O) groups excluding carboxylic acids is 1. The van der Waals surface area contributed by atoms with Crippen LogP contribution in [0.1, 0.15) is 28.5 Å². The van der Waals surface area contributed by atoms with E-state index in [1.165, 1.54) is 11.3 Å². The molecule has 4 nitrogen and oxygen atoms in total. The van der Waals surface area contributed by atoms with E-state index in [0.29, 0.717) is 5.69 Å². The second kappa shape index (κ2) is 2.98. The molecule has 1 atom stereocenters. The van der Waals surface area contributed by atoms with E-state index in [4.69, 9.17) is 11.5 Å². The zero-order valence-corrected chi connectivity index (χ0v) is 6.89. The molecule has 0 saturated heterocycles. The van der Waals surface area contributed by atoms with E-state index < -0.39 is 5.91 Å². The topological polar surface area (TPSA) is 82.0 Å². The summed E-state index contributed by atoms with van der Waals surface area (Å²) >= 11 is 1.35. The molecule has 0 saturated carbocycles. The van der Waals surface area contributed by atoms with Crippen LogP contribution in [0.25, 0.3) is 0 Å². The Morgan fingerprint density at radius 2 is 2.45 bits per heavy atom. The predicted molar refractivity (Wildman–Crippen MR) is 43.2 cm³/mol. The average molecular weight is 171 g/mol. The Hall–Kier alpha value is -0.940. The number of primary amides is 1. The molecule has 0 bridgehead atoms. The lowest BCUT2D eigenvalue weighted by atomic mass is 10.4. The van der Waals surface area contributed by atoms with Gasteiger partial charge in [0.1, 0.15) is 10.7 Å². The molecule has 0 aromatic carbocycles. The van der Waals surface area contributed by atoms with Gasteiger partial charge in [0.05, 0.1) is 6.04 Å². The molecule has 1 aromatic rings. The standard InChI is InChI=1S/C6H9N3OS/c1-3(7)6-9-4(2-11-6)5(8)10/h2-3H,7H2,1H3,(H2,8,10). The number of thiazole rings is 1. The molecule has 5 heteroatoms. The van der Waals surface area contributed by atoms with Crippen molar-refractivity contribution in [1.82, 2.24) is 4.98 Å². The van der Waals surface area contributed by atoms with Crippen molar-refractivity contribution in [2.24, 2.45) is 11.5 Å². The first kappa shape index (κ1) is 8.16. The fraction of sp³-hybridized carbons (Fsp3) is 0.333. The monoisotopic (exact) mass is 171 g/mol. The minimum absolute atomic E-state index is 0.131. The second-order valence-electron chi connectivity index (χ2n) is 2.22. The SMILES string of the molecule is CC(N)c1nc(C(N)=O)cs1. The summed E-state index contributed by atoms with van der Waals surface area (Å²) in [5.41, 5.74) is 10.8. The van der Waals surface area contributed by atoms with Gasteiger partial charge in [0.2, 0.25) is 0 Å². The van der Waals surface area contributed by atoms with E-state index >= 15 is 0 Å². The van der Waals surface area contributed by atoms with Crippen molar-refractivity contribution in [2.75, 3.05) is 0 Å². The summed E-state index contributed by atoms with van der Waals surface area (Å²) in [4.78, 5) is 14.5. The van der Waals surface area contributed by atoms with Gasteiger partial charge in [0.15, 0.2) is 0 Å². The number of nitrogens with two attached hydrogens (primary N) is 2. The van der Waals surface area contributed by atoms with E-state index in [-0.39, 0.29) is 6.04 Å². The molecular formula is C6H9N3OS. The normalized spacial score (nSPS) is 12.9. The summed E-state index contributed by atoms with van der Waals surface area (Å²) in [5.74, 6) is -0.506. The van der Waals surface area contributed by atoms with Crippen molar-refractivity contribution < 1.29 is 4.79 Å². The van der Waals surface area contributed by atoms with E-state index in [0.717, 1.165) is 5.01 Å². The molecule has 0 radical (unpaired) electrons. The van der Waals surface area contributed by atoms with Gasteiger partial charge in [0.25, 0.3) is 5.91 Å². The number of rotatable bonds is 2. The van der Waals surface area contributed by atoms with Crippen molar-refractivity contribution in [3.05, 3.63) is 16.1 Å². The smallest absolute Gasteiger partial charge is 0.268 e. The van der Waals surface area contributed by atoms with Crippen LogP contribution in [0.2, 0.25) is 0 Å². The van der Waals surface area contributed by atoms with Crippen molar-refractivity contribution in [2.45, 2.75) is 13.0 Å². The van der Waals surface area contributed by atoms with Crippen LogP contribution in [0.3, 0.4) is 0 Å². The highest BCUT2D eigenvalue weighted by atomic mass is 32.1. The molecule has 1 amide bonds. The third-order valence-corrected chi connectivity index (χ3v) is 2.21. The highest BCUT2D eigenvalue weighted by Crippen LogP contribution is 2.14. The molecule has 4 N–H and O–H groups in total. The van der Waals surface area contributed by atoms with E-state index in [2.05, 4.69) is 4.98 Å². The van der Waals surface area contributed by atoms with Crippen LogP contribution in [-0.4, -0.2) is 10.9 Å². The van der Waals surface area contributed by atoms with Crippen molar-refractivity contribution in [3.63, 3.8) is 0 Å². The highest BCUT2D eigenvalue weighted by Gasteiger charge is 2.08.